The summed E-state index contributed by atoms with van der Waals surface area (Å²) in [6, 6.07) is 6.20. The van der Waals surface area contributed by atoms with Gasteiger partial charge in [0.25, 0.3) is 5.91 Å². The number of carbonyl (C=O) groups excluding carboxylic acids is 1. The normalized spacial score (nSPS) is 13.9. The van der Waals surface area contributed by atoms with Gasteiger partial charge in [0.05, 0.1) is 11.9 Å². The Hall–Kier alpha value is -2.89. The molecule has 0 radical (unpaired) electrons. The molecule has 2 heterocycles. The van der Waals surface area contributed by atoms with Crippen molar-refractivity contribution in [2.45, 2.75) is 39.7 Å². The lowest BCUT2D eigenvalue weighted by Gasteiger charge is -2.11. The number of fused-ring (bicyclic) bond motifs is 1. The highest BCUT2D eigenvalue weighted by Gasteiger charge is 2.24. The first-order valence-electron chi connectivity index (χ1n) is 9.50. The number of benzene rings is 1. The van der Waals surface area contributed by atoms with Gasteiger partial charge in [0.1, 0.15) is 0 Å². The highest BCUT2D eigenvalue weighted by atomic mass is 16.1. The van der Waals surface area contributed by atoms with Crippen LogP contribution in [0.4, 0.5) is 5.82 Å². The molecule has 1 fully saturated rings. The number of imidazole rings is 1. The van der Waals surface area contributed by atoms with Crippen molar-refractivity contribution >= 4 is 17.4 Å². The summed E-state index contributed by atoms with van der Waals surface area (Å²) in [5.74, 6) is 1.32. The van der Waals surface area contributed by atoms with Crippen LogP contribution in [0, 0.1) is 12.8 Å². The smallest absolute Gasteiger partial charge is 0.251 e. The maximum absolute atomic E-state index is 12.3. The van der Waals surface area contributed by atoms with Crippen molar-refractivity contribution in [2.75, 3.05) is 11.9 Å². The molecule has 1 aromatic carbocycles. The predicted molar refractivity (Wildman–Crippen MR) is 107 cm³/mol. The van der Waals surface area contributed by atoms with Crippen molar-refractivity contribution < 1.29 is 4.79 Å². The van der Waals surface area contributed by atoms with Crippen LogP contribution in [0.1, 0.15) is 42.6 Å². The Labute approximate surface area is 159 Å². The third kappa shape index (κ3) is 3.65. The first-order chi connectivity index (χ1) is 13.0. The summed E-state index contributed by atoms with van der Waals surface area (Å²) in [6.45, 7) is 7.20. The molecule has 140 valence electrons. The molecule has 2 aromatic heterocycles. The van der Waals surface area contributed by atoms with Gasteiger partial charge in [0.2, 0.25) is 0 Å². The van der Waals surface area contributed by atoms with Crippen LogP contribution in [0.2, 0.25) is 0 Å². The number of nitrogens with one attached hydrogen (secondary N) is 2. The highest BCUT2D eigenvalue weighted by molar-refractivity contribution is 5.95. The summed E-state index contributed by atoms with van der Waals surface area (Å²) >= 11 is 0. The van der Waals surface area contributed by atoms with Gasteiger partial charge in [0, 0.05) is 36.1 Å². The number of rotatable bonds is 6. The van der Waals surface area contributed by atoms with Gasteiger partial charge in [-0.2, -0.15) is 0 Å². The van der Waals surface area contributed by atoms with E-state index in [1.165, 1.54) is 0 Å². The van der Waals surface area contributed by atoms with Gasteiger partial charge < -0.3 is 10.6 Å². The number of amides is 1. The summed E-state index contributed by atoms with van der Waals surface area (Å²) in [5.41, 5.74) is 4.62. The Morgan fingerprint density at radius 2 is 2.11 bits per heavy atom. The van der Waals surface area contributed by atoms with E-state index in [0.717, 1.165) is 47.7 Å². The lowest BCUT2D eigenvalue weighted by Crippen LogP contribution is -2.25. The molecule has 0 unspecified atom stereocenters. The van der Waals surface area contributed by atoms with Crippen molar-refractivity contribution in [3.05, 3.63) is 47.9 Å². The van der Waals surface area contributed by atoms with Crippen molar-refractivity contribution in [1.29, 1.82) is 0 Å². The highest BCUT2D eigenvalue weighted by Crippen LogP contribution is 2.27. The average Bonchev–Trinajstić information content (AvgIpc) is 3.35. The van der Waals surface area contributed by atoms with E-state index in [2.05, 4.69) is 34.4 Å². The minimum absolute atomic E-state index is 0.00895. The summed E-state index contributed by atoms with van der Waals surface area (Å²) in [6.07, 6.45) is 7.75. The van der Waals surface area contributed by atoms with Gasteiger partial charge in [-0.05, 0) is 43.4 Å². The van der Waals surface area contributed by atoms with Crippen LogP contribution >= 0.6 is 0 Å². The molecular formula is C21H25N5O. The molecular weight excluding hydrogens is 338 g/mol. The molecule has 1 aliphatic rings. The second-order valence-electron chi connectivity index (χ2n) is 7.67. The number of anilines is 1. The van der Waals surface area contributed by atoms with E-state index in [0.29, 0.717) is 17.5 Å². The third-order valence-corrected chi connectivity index (χ3v) is 4.78. The van der Waals surface area contributed by atoms with Crippen LogP contribution in [0.15, 0.2) is 36.8 Å². The minimum Gasteiger partial charge on any atom is -0.367 e. The molecule has 4 rings (SSSR count). The monoisotopic (exact) mass is 363 g/mol. The molecule has 6 nitrogen and oxygen atoms in total. The first-order valence-corrected chi connectivity index (χ1v) is 9.50. The molecule has 1 saturated carbocycles. The van der Waals surface area contributed by atoms with Crippen LogP contribution in [-0.4, -0.2) is 32.9 Å². The molecule has 0 bridgehead atoms. The molecule has 0 saturated heterocycles. The van der Waals surface area contributed by atoms with Gasteiger partial charge in [-0.3, -0.25) is 9.20 Å². The topological polar surface area (TPSA) is 71.3 Å². The lowest BCUT2D eigenvalue weighted by atomic mass is 10.0. The summed E-state index contributed by atoms with van der Waals surface area (Å²) < 4.78 is 2.04. The minimum atomic E-state index is 0.00895. The maximum Gasteiger partial charge on any atom is 0.251 e. The SMILES string of the molecule is Cc1cc(C(=O)NC2CC2)ccc1-c1cnc2c(NCC(C)C)nccn12. The number of aromatic nitrogens is 3. The number of hydrogen-bond acceptors (Lipinski definition) is 4. The Bertz CT molecular complexity index is 987. The van der Waals surface area contributed by atoms with Crippen molar-refractivity contribution in [3.8, 4) is 11.3 Å². The fourth-order valence-electron chi connectivity index (χ4n) is 3.13. The summed E-state index contributed by atoms with van der Waals surface area (Å²) in [4.78, 5) is 21.3. The van der Waals surface area contributed by atoms with Gasteiger partial charge >= 0.3 is 0 Å². The third-order valence-electron chi connectivity index (χ3n) is 4.78. The summed E-state index contributed by atoms with van der Waals surface area (Å²) in [7, 11) is 0. The zero-order chi connectivity index (χ0) is 19.0. The molecule has 1 amide bonds. The number of aryl methyl sites for hydroxylation is 1. The van der Waals surface area contributed by atoms with Gasteiger partial charge in [-0.15, -0.1) is 0 Å². The molecule has 3 aromatic rings. The molecule has 0 atom stereocenters. The van der Waals surface area contributed by atoms with Gasteiger partial charge in [0.15, 0.2) is 11.5 Å². The molecule has 0 aliphatic heterocycles. The fourth-order valence-corrected chi connectivity index (χ4v) is 3.13. The zero-order valence-corrected chi connectivity index (χ0v) is 16.0. The van der Waals surface area contributed by atoms with Crippen LogP contribution in [0.3, 0.4) is 0 Å². The van der Waals surface area contributed by atoms with E-state index in [1.54, 1.807) is 6.20 Å². The predicted octanol–water partition coefficient (Wildman–Crippen LogP) is 3.66. The van der Waals surface area contributed by atoms with E-state index >= 15 is 0 Å². The van der Waals surface area contributed by atoms with Gasteiger partial charge in [-0.1, -0.05) is 19.9 Å². The Kier molecular flexibility index (Phi) is 4.56. The van der Waals surface area contributed by atoms with Crippen LogP contribution < -0.4 is 10.6 Å². The maximum atomic E-state index is 12.3. The van der Waals surface area contributed by atoms with E-state index in [-0.39, 0.29) is 5.91 Å². The van der Waals surface area contributed by atoms with E-state index in [1.807, 2.05) is 41.9 Å². The van der Waals surface area contributed by atoms with Crippen LogP contribution in [0.5, 0.6) is 0 Å². The number of nitrogens with zero attached hydrogens (tertiary/aromatic N) is 3. The molecule has 0 spiro atoms. The van der Waals surface area contributed by atoms with E-state index in [4.69, 9.17) is 0 Å². The first kappa shape index (κ1) is 17.5. The Morgan fingerprint density at radius 3 is 2.81 bits per heavy atom. The summed E-state index contributed by atoms with van der Waals surface area (Å²) in [5, 5.41) is 6.41. The van der Waals surface area contributed by atoms with Gasteiger partial charge in [-0.25, -0.2) is 9.97 Å². The van der Waals surface area contributed by atoms with Crippen LogP contribution in [0.25, 0.3) is 16.9 Å². The fraction of sp³-hybridized carbons (Fsp3) is 0.381. The lowest BCUT2D eigenvalue weighted by molar-refractivity contribution is 0.0951. The zero-order valence-electron chi connectivity index (χ0n) is 16.0. The second kappa shape index (κ2) is 7.02. The molecule has 1 aliphatic carbocycles. The average molecular weight is 363 g/mol. The second-order valence-corrected chi connectivity index (χ2v) is 7.67. The quantitative estimate of drug-likeness (QED) is 0.701. The largest absolute Gasteiger partial charge is 0.367 e. The van der Waals surface area contributed by atoms with E-state index < -0.39 is 0 Å². The van der Waals surface area contributed by atoms with Crippen LogP contribution in [-0.2, 0) is 0 Å². The standard InChI is InChI=1S/C21H25N5O/c1-13(2)11-23-19-20-24-12-18(26(20)9-8-22-19)17-7-4-15(10-14(17)3)21(27)25-16-5-6-16/h4,7-10,12-13,16H,5-6,11H2,1-3H3,(H,22,23)(H,25,27). The number of carbonyl (C=O) groups is 1. The van der Waals surface area contributed by atoms with E-state index in [9.17, 15) is 4.79 Å². The molecule has 27 heavy (non-hydrogen) atoms. The molecule has 6 heteroatoms. The Balaban J connectivity index is 1.65. The molecule has 2 N–H and O–H groups in total. The van der Waals surface area contributed by atoms with Crippen molar-refractivity contribution in [2.24, 2.45) is 5.92 Å². The van der Waals surface area contributed by atoms with Crippen molar-refractivity contribution in [3.63, 3.8) is 0 Å². The number of hydrogen-bond donors (Lipinski definition) is 2. The van der Waals surface area contributed by atoms with Crippen molar-refractivity contribution in [1.82, 2.24) is 19.7 Å². The Morgan fingerprint density at radius 1 is 1.30 bits per heavy atom.